The molecule has 0 radical (unpaired) electrons. The highest BCUT2D eigenvalue weighted by molar-refractivity contribution is 6.11. The maximum Gasteiger partial charge on any atom is 0.408 e. The minimum atomic E-state index is -0.539. The molecule has 0 fully saturated rings. The van der Waals surface area contributed by atoms with Gasteiger partial charge in [-0.05, 0) is 25.1 Å². The average molecular weight is 307 g/mol. The minimum Gasteiger partial charge on any atom is -0.502 e. The summed E-state index contributed by atoms with van der Waals surface area (Å²) in [5, 5.41) is 12.2. The van der Waals surface area contributed by atoms with Crippen LogP contribution in [0.3, 0.4) is 0 Å². The zero-order chi connectivity index (χ0) is 16.0. The van der Waals surface area contributed by atoms with Gasteiger partial charge >= 0.3 is 11.7 Å². The molecule has 4 aromatic rings. The molecule has 0 atom stereocenters. The molecule has 0 saturated heterocycles. The van der Waals surface area contributed by atoms with Crippen LogP contribution in [0.2, 0.25) is 0 Å². The van der Waals surface area contributed by atoms with E-state index < -0.39 is 5.97 Å². The van der Waals surface area contributed by atoms with E-state index in [1.807, 2.05) is 53.2 Å². The van der Waals surface area contributed by atoms with Gasteiger partial charge in [0.25, 0.3) is 0 Å². The van der Waals surface area contributed by atoms with E-state index in [0.29, 0.717) is 5.39 Å². The number of ether oxygens (including phenoxy) is 1. The Bertz CT molecular complexity index is 1070. The second-order valence-corrected chi connectivity index (χ2v) is 5.28. The van der Waals surface area contributed by atoms with Gasteiger partial charge in [-0.1, -0.05) is 6.07 Å². The van der Waals surface area contributed by atoms with Crippen molar-refractivity contribution in [3.63, 3.8) is 0 Å². The molecule has 0 saturated carbocycles. The quantitative estimate of drug-likeness (QED) is 0.457. The van der Waals surface area contributed by atoms with Crippen LogP contribution in [0, 0.1) is 0 Å². The van der Waals surface area contributed by atoms with Crippen LogP contribution in [0.25, 0.3) is 21.8 Å². The largest absolute Gasteiger partial charge is 0.502 e. The molecule has 0 aliphatic carbocycles. The van der Waals surface area contributed by atoms with E-state index in [4.69, 9.17) is 4.74 Å². The lowest BCUT2D eigenvalue weighted by Crippen LogP contribution is -2.31. The molecule has 0 aromatic carbocycles. The Hall–Kier alpha value is -3.08. The Balaban J connectivity index is 2.24. The lowest BCUT2D eigenvalue weighted by Gasteiger charge is -2.04. The number of carbonyl (C=O) groups excluding carboxylic acids is 1. The summed E-state index contributed by atoms with van der Waals surface area (Å²) in [4.78, 5) is 12.3. The first-order valence-corrected chi connectivity index (χ1v) is 7.44. The molecule has 5 heteroatoms. The fourth-order valence-corrected chi connectivity index (χ4v) is 3.05. The van der Waals surface area contributed by atoms with Crippen molar-refractivity contribution in [3.05, 3.63) is 60.7 Å². The van der Waals surface area contributed by atoms with Crippen molar-refractivity contribution in [1.29, 1.82) is 0 Å². The maximum absolute atomic E-state index is 12.3. The first-order valence-electron chi connectivity index (χ1n) is 7.44. The summed E-state index contributed by atoms with van der Waals surface area (Å²) >= 11 is 0. The molecule has 0 aliphatic rings. The van der Waals surface area contributed by atoms with Crippen LogP contribution in [0.4, 0.5) is 0 Å². The molecular formula is C18H15N2O3+. The summed E-state index contributed by atoms with van der Waals surface area (Å²) in [6.45, 7) is 2.00. The fraction of sp³-hybridized carbons (Fsp3) is 0.111. The van der Waals surface area contributed by atoms with Crippen LogP contribution in [-0.4, -0.2) is 22.1 Å². The van der Waals surface area contributed by atoms with Crippen molar-refractivity contribution in [1.82, 2.24) is 4.40 Å². The third-order valence-corrected chi connectivity index (χ3v) is 3.99. The van der Waals surface area contributed by atoms with E-state index in [1.165, 1.54) is 0 Å². The van der Waals surface area contributed by atoms with Crippen LogP contribution in [0.5, 0.6) is 5.75 Å². The standard InChI is InChI=1S/C18H14N2O3/c1-2-23-18(22)16-17(21)12-11-19-9-5-3-7-13(19)15(12)14-8-4-6-10-20(14)16/h3-11H,2H2,1H3/p+1. The molecule has 4 rings (SSSR count). The number of aromatic nitrogens is 2. The van der Waals surface area contributed by atoms with E-state index in [2.05, 4.69) is 0 Å². The van der Waals surface area contributed by atoms with Crippen LogP contribution in [-0.2, 0) is 4.74 Å². The second-order valence-electron chi connectivity index (χ2n) is 5.28. The van der Waals surface area contributed by atoms with Crippen molar-refractivity contribution in [2.45, 2.75) is 6.92 Å². The fourth-order valence-electron chi connectivity index (χ4n) is 3.05. The Morgan fingerprint density at radius 2 is 2.09 bits per heavy atom. The van der Waals surface area contributed by atoms with Crippen LogP contribution < -0.4 is 4.40 Å². The SMILES string of the molecule is CCOC(=O)c1c(O)c2cn3ccccc3c2c2cccc[n+]12. The smallest absolute Gasteiger partial charge is 0.408 e. The lowest BCUT2D eigenvalue weighted by molar-refractivity contribution is -0.515. The maximum atomic E-state index is 12.3. The summed E-state index contributed by atoms with van der Waals surface area (Å²) in [5.74, 6) is -0.603. The van der Waals surface area contributed by atoms with Crippen molar-refractivity contribution in [2.24, 2.45) is 0 Å². The molecule has 4 heterocycles. The minimum absolute atomic E-state index is 0.0640. The van der Waals surface area contributed by atoms with Crippen LogP contribution in [0.1, 0.15) is 17.4 Å². The van der Waals surface area contributed by atoms with Gasteiger partial charge in [-0.3, -0.25) is 0 Å². The predicted octanol–water partition coefficient (Wildman–Crippen LogP) is 2.71. The Morgan fingerprint density at radius 3 is 2.91 bits per heavy atom. The molecule has 114 valence electrons. The monoisotopic (exact) mass is 307 g/mol. The number of pyridine rings is 3. The third-order valence-electron chi connectivity index (χ3n) is 3.99. The van der Waals surface area contributed by atoms with Gasteiger partial charge in [0.1, 0.15) is 0 Å². The van der Waals surface area contributed by atoms with Crippen LogP contribution >= 0.6 is 0 Å². The van der Waals surface area contributed by atoms with Gasteiger partial charge in [-0.15, -0.1) is 0 Å². The number of carbonyl (C=O) groups is 1. The van der Waals surface area contributed by atoms with Gasteiger partial charge in [0.05, 0.1) is 22.9 Å². The van der Waals surface area contributed by atoms with Gasteiger partial charge < -0.3 is 14.2 Å². The number of hydrogen-bond acceptors (Lipinski definition) is 3. The summed E-state index contributed by atoms with van der Waals surface area (Å²) in [5.41, 5.74) is 1.96. The van der Waals surface area contributed by atoms with Gasteiger partial charge in [-0.25, -0.2) is 4.79 Å². The summed E-state index contributed by atoms with van der Waals surface area (Å²) < 4.78 is 8.73. The van der Waals surface area contributed by atoms with Gasteiger partial charge in [0.2, 0.25) is 11.3 Å². The first kappa shape index (κ1) is 13.6. The second kappa shape index (κ2) is 4.98. The number of rotatable bonds is 2. The summed E-state index contributed by atoms with van der Waals surface area (Å²) in [7, 11) is 0. The molecular weight excluding hydrogens is 292 g/mol. The number of nitrogens with zero attached hydrogens (tertiary/aromatic N) is 2. The lowest BCUT2D eigenvalue weighted by atomic mass is 10.1. The van der Waals surface area contributed by atoms with E-state index in [1.54, 1.807) is 17.5 Å². The van der Waals surface area contributed by atoms with Crippen molar-refractivity contribution < 1.29 is 19.0 Å². The zero-order valence-corrected chi connectivity index (χ0v) is 12.6. The number of fused-ring (bicyclic) bond motifs is 5. The van der Waals surface area contributed by atoms with Crippen molar-refractivity contribution >= 4 is 27.8 Å². The van der Waals surface area contributed by atoms with E-state index in [-0.39, 0.29) is 18.1 Å². The van der Waals surface area contributed by atoms with Gasteiger partial charge in [0.15, 0.2) is 6.20 Å². The molecule has 1 N–H and O–H groups in total. The van der Waals surface area contributed by atoms with Crippen molar-refractivity contribution in [2.75, 3.05) is 6.61 Å². The van der Waals surface area contributed by atoms with Gasteiger partial charge in [-0.2, -0.15) is 4.40 Å². The molecule has 0 amide bonds. The van der Waals surface area contributed by atoms with Gasteiger partial charge in [0, 0.05) is 24.5 Å². The van der Waals surface area contributed by atoms with E-state index >= 15 is 0 Å². The predicted molar refractivity (Wildman–Crippen MR) is 85.7 cm³/mol. The van der Waals surface area contributed by atoms with Crippen LogP contribution in [0.15, 0.2) is 55.0 Å². The summed E-state index contributed by atoms with van der Waals surface area (Å²) in [6.07, 6.45) is 5.50. The molecule has 4 aromatic heterocycles. The highest BCUT2D eigenvalue weighted by atomic mass is 16.5. The first-order chi connectivity index (χ1) is 11.2. The zero-order valence-electron chi connectivity index (χ0n) is 12.6. The molecule has 0 spiro atoms. The topological polar surface area (TPSA) is 55.0 Å². The highest BCUT2D eigenvalue weighted by Gasteiger charge is 2.30. The highest BCUT2D eigenvalue weighted by Crippen LogP contribution is 2.33. The Kier molecular flexibility index (Phi) is 2.94. The third kappa shape index (κ3) is 1.86. The Labute approximate surface area is 132 Å². The van der Waals surface area contributed by atoms with Crippen molar-refractivity contribution in [3.8, 4) is 5.75 Å². The average Bonchev–Trinajstić information content (AvgIpc) is 2.95. The number of esters is 1. The van der Waals surface area contributed by atoms with E-state index in [0.717, 1.165) is 16.4 Å². The molecule has 0 unspecified atom stereocenters. The molecule has 23 heavy (non-hydrogen) atoms. The molecule has 0 bridgehead atoms. The number of hydrogen-bond donors (Lipinski definition) is 1. The molecule has 0 aliphatic heterocycles. The Morgan fingerprint density at radius 1 is 1.26 bits per heavy atom. The molecule has 5 nitrogen and oxygen atoms in total. The number of aromatic hydroxyl groups is 1. The van der Waals surface area contributed by atoms with E-state index in [9.17, 15) is 9.90 Å². The normalized spacial score (nSPS) is 11.3. The summed E-state index contributed by atoms with van der Waals surface area (Å²) in [6, 6.07) is 11.5.